The normalized spacial score (nSPS) is 17.0. The highest BCUT2D eigenvalue weighted by molar-refractivity contribution is 5.97. The molecule has 2 aromatic heterocycles. The first-order valence-electron chi connectivity index (χ1n) is 8.48. The first-order chi connectivity index (χ1) is 12.6. The fourth-order valence-electron chi connectivity index (χ4n) is 3.40. The number of hydrogen-bond acceptors (Lipinski definition) is 5. The largest absolute Gasteiger partial charge is 0.438 e. The number of aromatic nitrogens is 3. The summed E-state index contributed by atoms with van der Waals surface area (Å²) < 4.78 is 5.07. The van der Waals surface area contributed by atoms with Gasteiger partial charge >= 0.3 is 0 Å². The van der Waals surface area contributed by atoms with Crippen LogP contribution in [0.3, 0.4) is 0 Å². The molecule has 26 heavy (non-hydrogen) atoms. The van der Waals surface area contributed by atoms with E-state index in [0.717, 1.165) is 17.5 Å². The third-order valence-electron chi connectivity index (χ3n) is 4.76. The number of hydrogen-bond donors (Lipinski definition) is 1. The minimum absolute atomic E-state index is 0.0403. The van der Waals surface area contributed by atoms with E-state index in [-0.39, 0.29) is 23.5 Å². The molecule has 2 amide bonds. The molecule has 1 fully saturated rings. The van der Waals surface area contributed by atoms with Crippen LogP contribution in [-0.2, 0) is 0 Å². The van der Waals surface area contributed by atoms with Crippen molar-refractivity contribution in [2.75, 3.05) is 26.7 Å². The number of nitrogens with one attached hydrogen (secondary N) is 1. The van der Waals surface area contributed by atoms with Crippen molar-refractivity contribution in [3.05, 3.63) is 48.4 Å². The average Bonchev–Trinajstić information content (AvgIpc) is 3.40. The molecule has 1 N–H and O–H groups in total. The summed E-state index contributed by atoms with van der Waals surface area (Å²) in [6.07, 6.45) is 5.15. The monoisotopic (exact) mass is 353 g/mol. The Labute approximate surface area is 149 Å². The number of amides is 2. The van der Waals surface area contributed by atoms with Crippen LogP contribution in [0.4, 0.5) is 0 Å². The van der Waals surface area contributed by atoms with Crippen LogP contribution in [0, 0.1) is 5.92 Å². The summed E-state index contributed by atoms with van der Waals surface area (Å²) in [7, 11) is 1.79. The van der Waals surface area contributed by atoms with Crippen molar-refractivity contribution >= 4 is 22.8 Å². The smallest absolute Gasteiger partial charge is 0.291 e. The summed E-state index contributed by atoms with van der Waals surface area (Å²) in [5.41, 5.74) is 2.30. The van der Waals surface area contributed by atoms with Gasteiger partial charge in [-0.3, -0.25) is 9.59 Å². The number of fused-ring (bicyclic) bond motifs is 1. The fraction of sp³-hybridized carbons (Fsp3) is 0.333. The lowest BCUT2D eigenvalue weighted by Gasteiger charge is -2.21. The molecule has 8 heteroatoms. The highest BCUT2D eigenvalue weighted by Crippen LogP contribution is 2.20. The Morgan fingerprint density at radius 2 is 2.31 bits per heavy atom. The topological polar surface area (TPSA) is 95.3 Å². The Bertz CT molecular complexity index is 933. The number of aromatic amines is 1. The Kier molecular flexibility index (Phi) is 4.16. The van der Waals surface area contributed by atoms with Crippen LogP contribution in [0.2, 0.25) is 0 Å². The fourth-order valence-corrected chi connectivity index (χ4v) is 3.40. The molecule has 1 aromatic carbocycles. The molecule has 0 aliphatic carbocycles. The molecule has 0 bridgehead atoms. The van der Waals surface area contributed by atoms with E-state index in [1.54, 1.807) is 29.2 Å². The van der Waals surface area contributed by atoms with Gasteiger partial charge in [-0.1, -0.05) is 0 Å². The van der Waals surface area contributed by atoms with Crippen LogP contribution in [-0.4, -0.2) is 63.2 Å². The molecule has 3 aromatic rings. The number of imidazole rings is 1. The van der Waals surface area contributed by atoms with Gasteiger partial charge < -0.3 is 19.2 Å². The molecular formula is C18H19N5O3. The summed E-state index contributed by atoms with van der Waals surface area (Å²) >= 11 is 0. The summed E-state index contributed by atoms with van der Waals surface area (Å²) in [6, 6.07) is 5.44. The number of oxazole rings is 1. The highest BCUT2D eigenvalue weighted by Gasteiger charge is 2.30. The van der Waals surface area contributed by atoms with E-state index < -0.39 is 0 Å². The van der Waals surface area contributed by atoms with Crippen molar-refractivity contribution in [1.29, 1.82) is 0 Å². The van der Waals surface area contributed by atoms with Crippen molar-refractivity contribution in [3.63, 3.8) is 0 Å². The predicted octanol–water partition coefficient (Wildman–Crippen LogP) is 1.79. The van der Waals surface area contributed by atoms with Gasteiger partial charge in [-0.15, -0.1) is 0 Å². The zero-order valence-corrected chi connectivity index (χ0v) is 14.4. The first kappa shape index (κ1) is 16.3. The second kappa shape index (κ2) is 6.62. The zero-order valence-electron chi connectivity index (χ0n) is 14.4. The molecule has 134 valence electrons. The van der Waals surface area contributed by atoms with E-state index >= 15 is 0 Å². The number of benzene rings is 1. The van der Waals surface area contributed by atoms with Crippen LogP contribution in [0.25, 0.3) is 11.0 Å². The maximum absolute atomic E-state index is 12.7. The van der Waals surface area contributed by atoms with Gasteiger partial charge in [0.05, 0.1) is 23.6 Å². The molecule has 8 nitrogen and oxygen atoms in total. The van der Waals surface area contributed by atoms with Crippen LogP contribution in [0.5, 0.6) is 0 Å². The van der Waals surface area contributed by atoms with E-state index in [9.17, 15) is 9.59 Å². The SMILES string of the molecule is CN(CC1CCN(C(=O)c2cnco2)C1)C(=O)c1ccc2nc[nH]c2c1. The van der Waals surface area contributed by atoms with Gasteiger partial charge in [0.1, 0.15) is 0 Å². The third-order valence-corrected chi connectivity index (χ3v) is 4.76. The Balaban J connectivity index is 1.38. The van der Waals surface area contributed by atoms with E-state index in [2.05, 4.69) is 15.0 Å². The van der Waals surface area contributed by atoms with Crippen molar-refractivity contribution in [2.24, 2.45) is 5.92 Å². The molecule has 3 heterocycles. The summed E-state index contributed by atoms with van der Waals surface area (Å²) in [5.74, 6) is 0.305. The number of likely N-dealkylation sites (tertiary alicyclic amines) is 1. The molecule has 1 atom stereocenters. The van der Waals surface area contributed by atoms with Gasteiger partial charge in [0.2, 0.25) is 5.76 Å². The first-order valence-corrected chi connectivity index (χ1v) is 8.48. The summed E-state index contributed by atoms with van der Waals surface area (Å²) in [4.78, 5) is 39.4. The van der Waals surface area contributed by atoms with Gasteiger partial charge in [-0.05, 0) is 30.5 Å². The van der Waals surface area contributed by atoms with Crippen LogP contribution >= 0.6 is 0 Å². The van der Waals surface area contributed by atoms with Gasteiger partial charge in [-0.2, -0.15) is 0 Å². The minimum atomic E-state index is -0.149. The Hall–Kier alpha value is -3.16. The standard InChI is InChI=1S/C18H19N5O3/c1-22(17(24)13-2-3-14-15(6-13)21-10-20-14)8-12-4-5-23(9-12)18(25)16-7-19-11-26-16/h2-3,6-7,10-12H,4-5,8-9H2,1H3,(H,20,21). The maximum atomic E-state index is 12.7. The number of rotatable bonds is 4. The van der Waals surface area contributed by atoms with Gasteiger partial charge in [0.15, 0.2) is 6.39 Å². The molecule has 1 aliphatic rings. The Morgan fingerprint density at radius 3 is 3.12 bits per heavy atom. The van der Waals surface area contributed by atoms with Crippen molar-refractivity contribution in [3.8, 4) is 0 Å². The number of nitrogens with zero attached hydrogens (tertiary/aromatic N) is 4. The Morgan fingerprint density at radius 1 is 1.42 bits per heavy atom. The number of carbonyl (C=O) groups is 2. The average molecular weight is 353 g/mol. The van der Waals surface area contributed by atoms with E-state index in [4.69, 9.17) is 4.42 Å². The molecule has 4 rings (SSSR count). The van der Waals surface area contributed by atoms with Crippen molar-refractivity contribution in [1.82, 2.24) is 24.8 Å². The number of carbonyl (C=O) groups excluding carboxylic acids is 2. The lowest BCUT2D eigenvalue weighted by molar-refractivity contribution is 0.0740. The lowest BCUT2D eigenvalue weighted by atomic mass is 10.1. The predicted molar refractivity (Wildman–Crippen MR) is 93.6 cm³/mol. The summed E-state index contributed by atoms with van der Waals surface area (Å²) in [5, 5.41) is 0. The molecule has 1 unspecified atom stereocenters. The van der Waals surface area contributed by atoms with Gasteiger partial charge in [0, 0.05) is 32.2 Å². The molecule has 0 radical (unpaired) electrons. The second-order valence-electron chi connectivity index (χ2n) is 6.59. The van der Waals surface area contributed by atoms with Crippen LogP contribution in [0.15, 0.2) is 41.5 Å². The van der Waals surface area contributed by atoms with E-state index in [0.29, 0.717) is 25.2 Å². The van der Waals surface area contributed by atoms with E-state index in [1.807, 2.05) is 12.1 Å². The van der Waals surface area contributed by atoms with Crippen LogP contribution < -0.4 is 0 Å². The number of H-pyrrole nitrogens is 1. The highest BCUT2D eigenvalue weighted by atomic mass is 16.3. The minimum Gasteiger partial charge on any atom is -0.438 e. The van der Waals surface area contributed by atoms with Crippen molar-refractivity contribution < 1.29 is 14.0 Å². The quantitative estimate of drug-likeness (QED) is 0.771. The zero-order chi connectivity index (χ0) is 18.1. The molecule has 0 spiro atoms. The second-order valence-corrected chi connectivity index (χ2v) is 6.59. The maximum Gasteiger partial charge on any atom is 0.291 e. The molecular weight excluding hydrogens is 334 g/mol. The van der Waals surface area contributed by atoms with Gasteiger partial charge in [0.25, 0.3) is 11.8 Å². The molecule has 1 saturated heterocycles. The van der Waals surface area contributed by atoms with E-state index in [1.165, 1.54) is 12.6 Å². The molecule has 1 aliphatic heterocycles. The molecule has 0 saturated carbocycles. The lowest BCUT2D eigenvalue weighted by Crippen LogP contribution is -2.34. The summed E-state index contributed by atoms with van der Waals surface area (Å²) in [6.45, 7) is 1.86. The van der Waals surface area contributed by atoms with Crippen LogP contribution in [0.1, 0.15) is 27.3 Å². The van der Waals surface area contributed by atoms with Gasteiger partial charge in [-0.25, -0.2) is 9.97 Å². The third kappa shape index (κ3) is 3.05. The van der Waals surface area contributed by atoms with Crippen molar-refractivity contribution in [2.45, 2.75) is 6.42 Å².